The third-order valence-corrected chi connectivity index (χ3v) is 4.51. The monoisotopic (exact) mass is 168 g/mol. The zero-order valence-electron chi connectivity index (χ0n) is 9.41. The molecule has 72 valence electrons. The molecule has 1 fully saturated rings. The van der Waals surface area contributed by atoms with E-state index in [0.29, 0.717) is 10.8 Å². The van der Waals surface area contributed by atoms with Gasteiger partial charge in [0, 0.05) is 0 Å². The van der Waals surface area contributed by atoms with E-state index in [1.165, 1.54) is 25.7 Å². The summed E-state index contributed by atoms with van der Waals surface area (Å²) in [6, 6.07) is 0. The first-order valence-electron chi connectivity index (χ1n) is 5.41. The average molecular weight is 168 g/mol. The van der Waals surface area contributed by atoms with E-state index in [-0.39, 0.29) is 0 Å². The average Bonchev–Trinajstić information content (AvgIpc) is 2.33. The van der Waals surface area contributed by atoms with Gasteiger partial charge in [0.1, 0.15) is 0 Å². The molecule has 0 nitrogen and oxygen atoms in total. The van der Waals surface area contributed by atoms with E-state index in [1.54, 1.807) is 0 Å². The maximum absolute atomic E-state index is 2.49. The fraction of sp³-hybridized carbons (Fsp3) is 1.00. The molecule has 0 aromatic heterocycles. The van der Waals surface area contributed by atoms with Gasteiger partial charge in [-0.15, -0.1) is 0 Å². The lowest BCUT2D eigenvalue weighted by molar-refractivity contribution is 0.0868. The molecule has 2 unspecified atom stereocenters. The van der Waals surface area contributed by atoms with Crippen LogP contribution in [0.5, 0.6) is 0 Å². The van der Waals surface area contributed by atoms with Gasteiger partial charge in [0.05, 0.1) is 0 Å². The van der Waals surface area contributed by atoms with Gasteiger partial charge in [-0.25, -0.2) is 0 Å². The summed E-state index contributed by atoms with van der Waals surface area (Å²) in [6.45, 7) is 12.1. The highest BCUT2D eigenvalue weighted by molar-refractivity contribution is 4.94. The second kappa shape index (κ2) is 3.05. The van der Waals surface area contributed by atoms with Crippen molar-refractivity contribution in [1.82, 2.24) is 0 Å². The smallest absolute Gasteiger partial charge is 0.0272 e. The van der Waals surface area contributed by atoms with Crippen LogP contribution >= 0.6 is 0 Å². The van der Waals surface area contributed by atoms with Crippen molar-refractivity contribution in [3.8, 4) is 0 Å². The first-order valence-corrected chi connectivity index (χ1v) is 5.41. The Morgan fingerprint density at radius 3 is 2.33 bits per heavy atom. The summed E-state index contributed by atoms with van der Waals surface area (Å²) in [5.74, 6) is 0.959. The molecule has 1 aliphatic carbocycles. The molecule has 0 N–H and O–H groups in total. The van der Waals surface area contributed by atoms with Crippen molar-refractivity contribution < 1.29 is 0 Å². The third-order valence-electron chi connectivity index (χ3n) is 4.51. The Bertz CT molecular complexity index is 157. The van der Waals surface area contributed by atoms with Gasteiger partial charge in [-0.05, 0) is 29.6 Å². The van der Waals surface area contributed by atoms with Crippen LogP contribution in [-0.4, -0.2) is 0 Å². The van der Waals surface area contributed by atoms with Crippen LogP contribution in [0.3, 0.4) is 0 Å². The lowest BCUT2D eigenvalue weighted by Gasteiger charge is -2.41. The van der Waals surface area contributed by atoms with Crippen LogP contribution in [0, 0.1) is 16.7 Å². The predicted molar refractivity (Wildman–Crippen MR) is 55.2 cm³/mol. The SMILES string of the molecule is CCC(C)(C)C1(C)CCC(C)C1. The first-order chi connectivity index (χ1) is 5.41. The van der Waals surface area contributed by atoms with Crippen LogP contribution in [0.15, 0.2) is 0 Å². The summed E-state index contributed by atoms with van der Waals surface area (Å²) in [5, 5.41) is 0. The normalized spacial score (nSPS) is 37.2. The molecule has 0 bridgehead atoms. The Labute approximate surface area is 77.7 Å². The topological polar surface area (TPSA) is 0 Å². The minimum absolute atomic E-state index is 0.539. The van der Waals surface area contributed by atoms with Crippen molar-refractivity contribution in [1.29, 1.82) is 0 Å². The Kier molecular flexibility index (Phi) is 2.56. The maximum atomic E-state index is 2.49. The van der Waals surface area contributed by atoms with Gasteiger partial charge in [0.15, 0.2) is 0 Å². The molecule has 2 atom stereocenters. The van der Waals surface area contributed by atoms with E-state index in [4.69, 9.17) is 0 Å². The first kappa shape index (κ1) is 10.1. The van der Waals surface area contributed by atoms with E-state index in [9.17, 15) is 0 Å². The standard InChI is InChI=1S/C12H24/c1-6-11(3,4)12(5)8-7-10(2)9-12/h10H,6-9H2,1-5H3. The molecule has 0 aromatic carbocycles. The summed E-state index contributed by atoms with van der Waals surface area (Å²) in [5.41, 5.74) is 1.15. The lowest BCUT2D eigenvalue weighted by Crippen LogP contribution is -2.32. The molecule has 0 spiro atoms. The molecule has 0 amide bonds. The molecule has 0 heteroatoms. The van der Waals surface area contributed by atoms with Crippen molar-refractivity contribution in [2.75, 3.05) is 0 Å². The van der Waals surface area contributed by atoms with E-state index in [1.807, 2.05) is 0 Å². The summed E-state index contributed by atoms with van der Waals surface area (Å²) >= 11 is 0. The molecule has 1 aliphatic rings. The molecule has 0 saturated heterocycles. The van der Waals surface area contributed by atoms with Gasteiger partial charge in [-0.1, -0.05) is 47.5 Å². The summed E-state index contributed by atoms with van der Waals surface area (Å²) in [7, 11) is 0. The van der Waals surface area contributed by atoms with Gasteiger partial charge in [0.2, 0.25) is 0 Å². The molecule has 0 aromatic rings. The van der Waals surface area contributed by atoms with Crippen molar-refractivity contribution >= 4 is 0 Å². The molecule has 0 heterocycles. The zero-order valence-corrected chi connectivity index (χ0v) is 9.41. The second-order valence-electron chi connectivity index (χ2n) is 5.65. The van der Waals surface area contributed by atoms with Crippen molar-refractivity contribution in [2.45, 2.75) is 60.3 Å². The van der Waals surface area contributed by atoms with E-state index in [0.717, 1.165) is 5.92 Å². The van der Waals surface area contributed by atoms with Crippen LogP contribution in [0.25, 0.3) is 0 Å². The van der Waals surface area contributed by atoms with Crippen LogP contribution in [0.4, 0.5) is 0 Å². The van der Waals surface area contributed by atoms with Crippen molar-refractivity contribution in [2.24, 2.45) is 16.7 Å². The highest BCUT2D eigenvalue weighted by atomic mass is 14.5. The molecule has 1 rings (SSSR count). The minimum Gasteiger partial charge on any atom is -0.0649 e. The van der Waals surface area contributed by atoms with E-state index in [2.05, 4.69) is 34.6 Å². The van der Waals surface area contributed by atoms with Gasteiger partial charge in [0.25, 0.3) is 0 Å². The summed E-state index contributed by atoms with van der Waals surface area (Å²) in [6.07, 6.45) is 5.64. The fourth-order valence-corrected chi connectivity index (χ4v) is 2.58. The van der Waals surface area contributed by atoms with Crippen LogP contribution in [-0.2, 0) is 0 Å². The van der Waals surface area contributed by atoms with E-state index >= 15 is 0 Å². The highest BCUT2D eigenvalue weighted by Crippen LogP contribution is 2.54. The molecule has 0 radical (unpaired) electrons. The van der Waals surface area contributed by atoms with Crippen molar-refractivity contribution in [3.63, 3.8) is 0 Å². The van der Waals surface area contributed by atoms with Crippen molar-refractivity contribution in [3.05, 3.63) is 0 Å². The van der Waals surface area contributed by atoms with Crippen LogP contribution in [0.2, 0.25) is 0 Å². The Morgan fingerprint density at radius 2 is 2.00 bits per heavy atom. The van der Waals surface area contributed by atoms with Gasteiger partial charge >= 0.3 is 0 Å². The number of hydrogen-bond acceptors (Lipinski definition) is 0. The van der Waals surface area contributed by atoms with Crippen LogP contribution < -0.4 is 0 Å². The Morgan fingerprint density at radius 1 is 1.42 bits per heavy atom. The largest absolute Gasteiger partial charge is 0.0649 e. The third kappa shape index (κ3) is 1.53. The number of hydrogen-bond donors (Lipinski definition) is 0. The summed E-state index contributed by atoms with van der Waals surface area (Å²) < 4.78 is 0. The Balaban J connectivity index is 2.72. The molecule has 0 aliphatic heterocycles. The van der Waals surface area contributed by atoms with Gasteiger partial charge in [-0.3, -0.25) is 0 Å². The quantitative estimate of drug-likeness (QED) is 0.578. The highest BCUT2D eigenvalue weighted by Gasteiger charge is 2.43. The maximum Gasteiger partial charge on any atom is -0.0272 e. The molecular formula is C12H24. The van der Waals surface area contributed by atoms with Crippen LogP contribution in [0.1, 0.15) is 60.3 Å². The number of rotatable bonds is 2. The zero-order chi connectivity index (χ0) is 9.41. The lowest BCUT2D eigenvalue weighted by atomic mass is 9.64. The molecule has 12 heavy (non-hydrogen) atoms. The second-order valence-corrected chi connectivity index (χ2v) is 5.65. The fourth-order valence-electron chi connectivity index (χ4n) is 2.58. The van der Waals surface area contributed by atoms with Gasteiger partial charge < -0.3 is 0 Å². The minimum atomic E-state index is 0.539. The molecular weight excluding hydrogens is 144 g/mol. The van der Waals surface area contributed by atoms with Gasteiger partial charge in [-0.2, -0.15) is 0 Å². The Hall–Kier alpha value is 0. The predicted octanol–water partition coefficient (Wildman–Crippen LogP) is 4.25. The molecule has 1 saturated carbocycles. The van der Waals surface area contributed by atoms with E-state index < -0.39 is 0 Å². The summed E-state index contributed by atoms with van der Waals surface area (Å²) in [4.78, 5) is 0.